The molecule has 1 atom stereocenters. The Morgan fingerprint density at radius 3 is 2.25 bits per heavy atom. The maximum atomic E-state index is 10.9. The second-order valence-corrected chi connectivity index (χ2v) is 5.04. The molecule has 0 aliphatic carbocycles. The van der Waals surface area contributed by atoms with Crippen molar-refractivity contribution in [3.05, 3.63) is 35.9 Å². The molecule has 1 aromatic rings. The van der Waals surface area contributed by atoms with Crippen molar-refractivity contribution >= 4 is 17.3 Å². The lowest BCUT2D eigenvalue weighted by molar-refractivity contribution is -0.0984. The Kier molecular flexibility index (Phi) is 2.44. The molecule has 0 spiro atoms. The van der Waals surface area contributed by atoms with Crippen molar-refractivity contribution in [2.24, 2.45) is 0 Å². The quantitative estimate of drug-likeness (QED) is 0.723. The zero-order chi connectivity index (χ0) is 12.0. The van der Waals surface area contributed by atoms with Crippen molar-refractivity contribution in [2.75, 3.05) is 7.05 Å². The molecule has 4 heteroatoms. The molecule has 0 bridgehead atoms. The number of likely N-dealkylation sites (N-methyl/N-ethyl adjacent to an activating group) is 1. The van der Waals surface area contributed by atoms with Crippen LogP contribution in [0.1, 0.15) is 19.4 Å². The van der Waals surface area contributed by atoms with Crippen LogP contribution in [0.3, 0.4) is 0 Å². The lowest BCUT2D eigenvalue weighted by atomic mass is 9.85. The number of nitrogens with zero attached hydrogens (tertiary/aromatic N) is 1. The number of hydrogen-bond donors (Lipinski definition) is 2. The lowest BCUT2D eigenvalue weighted by Crippen LogP contribution is -2.54. The van der Waals surface area contributed by atoms with Gasteiger partial charge in [0.05, 0.1) is 5.54 Å². The number of hydrogen-bond acceptors (Lipinski definition) is 2. The van der Waals surface area contributed by atoms with Crippen molar-refractivity contribution in [3.8, 4) is 0 Å². The summed E-state index contributed by atoms with van der Waals surface area (Å²) >= 11 is 5.19. The van der Waals surface area contributed by atoms with Gasteiger partial charge >= 0.3 is 0 Å². The summed E-state index contributed by atoms with van der Waals surface area (Å²) in [5.74, 6) is 0. The molecule has 86 valence electrons. The van der Waals surface area contributed by atoms with Crippen LogP contribution in [0.5, 0.6) is 0 Å². The molecule has 0 radical (unpaired) electrons. The minimum Gasteiger partial charge on any atom is -0.365 e. The summed E-state index contributed by atoms with van der Waals surface area (Å²) in [6.07, 6.45) is 0. The van der Waals surface area contributed by atoms with E-state index >= 15 is 0 Å². The Balaban J connectivity index is 2.55. The minimum absolute atomic E-state index is 0.514. The van der Waals surface area contributed by atoms with E-state index in [0.29, 0.717) is 5.11 Å². The van der Waals surface area contributed by atoms with Crippen LogP contribution < -0.4 is 5.32 Å². The first-order chi connectivity index (χ1) is 7.39. The fourth-order valence-electron chi connectivity index (χ4n) is 2.23. The third kappa shape index (κ3) is 1.33. The fourth-order valence-corrected chi connectivity index (χ4v) is 2.62. The molecular formula is C12H16N2OS. The number of thiocarbonyl (C=S) groups is 1. The highest BCUT2D eigenvalue weighted by molar-refractivity contribution is 7.80. The molecule has 1 aromatic carbocycles. The third-order valence-electron chi connectivity index (χ3n) is 3.26. The van der Waals surface area contributed by atoms with Crippen LogP contribution in [0, 0.1) is 0 Å². The van der Waals surface area contributed by atoms with Crippen LogP contribution in [0.25, 0.3) is 0 Å². The van der Waals surface area contributed by atoms with E-state index in [1.165, 1.54) is 0 Å². The number of aliphatic hydroxyl groups is 1. The second-order valence-electron chi connectivity index (χ2n) is 4.65. The van der Waals surface area contributed by atoms with E-state index in [1.54, 1.807) is 11.9 Å². The first kappa shape index (κ1) is 11.4. The van der Waals surface area contributed by atoms with Gasteiger partial charge in [-0.3, -0.25) is 0 Å². The number of nitrogens with one attached hydrogen (secondary N) is 1. The van der Waals surface area contributed by atoms with Crippen LogP contribution >= 0.6 is 12.2 Å². The summed E-state index contributed by atoms with van der Waals surface area (Å²) in [4.78, 5) is 1.71. The Bertz CT molecular complexity index is 418. The van der Waals surface area contributed by atoms with E-state index in [1.807, 2.05) is 44.2 Å². The highest BCUT2D eigenvalue weighted by Crippen LogP contribution is 2.39. The summed E-state index contributed by atoms with van der Waals surface area (Å²) in [6, 6.07) is 9.58. The molecular weight excluding hydrogens is 220 g/mol. The Morgan fingerprint density at radius 2 is 1.81 bits per heavy atom. The van der Waals surface area contributed by atoms with E-state index in [9.17, 15) is 5.11 Å². The smallest absolute Gasteiger partial charge is 0.189 e. The van der Waals surface area contributed by atoms with Gasteiger partial charge in [0.25, 0.3) is 0 Å². The Hall–Kier alpha value is -1.13. The average molecular weight is 236 g/mol. The number of rotatable bonds is 1. The average Bonchev–Trinajstić information content (AvgIpc) is 2.41. The van der Waals surface area contributed by atoms with Gasteiger partial charge in [-0.05, 0) is 26.1 Å². The van der Waals surface area contributed by atoms with E-state index < -0.39 is 11.3 Å². The highest BCUT2D eigenvalue weighted by Gasteiger charge is 2.55. The largest absolute Gasteiger partial charge is 0.365 e. The standard InChI is InChI=1S/C12H16N2OS/c1-11(2)12(15,14(3)10(16)13-11)9-7-5-4-6-8-9/h4-8,15H,1-3H3,(H,13,16). The fraction of sp³-hybridized carbons (Fsp3) is 0.417. The van der Waals surface area contributed by atoms with Crippen LogP contribution in [0.2, 0.25) is 0 Å². The molecule has 2 rings (SSSR count). The van der Waals surface area contributed by atoms with Crippen molar-refractivity contribution in [2.45, 2.75) is 25.1 Å². The summed E-state index contributed by atoms with van der Waals surface area (Å²) in [7, 11) is 1.80. The first-order valence-corrected chi connectivity index (χ1v) is 5.64. The topological polar surface area (TPSA) is 35.5 Å². The maximum Gasteiger partial charge on any atom is 0.189 e. The minimum atomic E-state index is -1.11. The molecule has 1 saturated heterocycles. The summed E-state index contributed by atoms with van der Waals surface area (Å²) in [6.45, 7) is 3.88. The molecule has 16 heavy (non-hydrogen) atoms. The van der Waals surface area contributed by atoms with E-state index in [2.05, 4.69) is 5.32 Å². The van der Waals surface area contributed by atoms with Gasteiger partial charge in [-0.15, -0.1) is 0 Å². The molecule has 2 N–H and O–H groups in total. The van der Waals surface area contributed by atoms with Gasteiger partial charge < -0.3 is 15.3 Å². The Morgan fingerprint density at radius 1 is 1.25 bits per heavy atom. The molecule has 1 aliphatic heterocycles. The van der Waals surface area contributed by atoms with Crippen LogP contribution in [0.15, 0.2) is 30.3 Å². The predicted molar refractivity (Wildman–Crippen MR) is 67.9 cm³/mol. The second kappa shape index (κ2) is 3.43. The monoisotopic (exact) mass is 236 g/mol. The van der Waals surface area contributed by atoms with E-state index in [0.717, 1.165) is 5.56 Å². The molecule has 1 aliphatic rings. The normalized spacial score (nSPS) is 28.0. The van der Waals surface area contributed by atoms with Crippen LogP contribution in [0.4, 0.5) is 0 Å². The van der Waals surface area contributed by atoms with Crippen molar-refractivity contribution in [1.29, 1.82) is 0 Å². The molecule has 3 nitrogen and oxygen atoms in total. The van der Waals surface area contributed by atoms with Gasteiger partial charge in [-0.25, -0.2) is 0 Å². The lowest BCUT2D eigenvalue weighted by Gasteiger charge is -2.39. The van der Waals surface area contributed by atoms with Crippen molar-refractivity contribution in [1.82, 2.24) is 10.2 Å². The van der Waals surface area contributed by atoms with E-state index in [-0.39, 0.29) is 0 Å². The SMILES string of the molecule is CN1C(=S)NC(C)(C)C1(O)c1ccccc1. The van der Waals surface area contributed by atoms with Gasteiger partial charge in [-0.2, -0.15) is 0 Å². The summed E-state index contributed by atoms with van der Waals surface area (Å²) in [5.41, 5.74) is -0.777. The van der Waals surface area contributed by atoms with Crippen LogP contribution in [-0.2, 0) is 5.72 Å². The third-order valence-corrected chi connectivity index (χ3v) is 3.63. The van der Waals surface area contributed by atoms with Crippen molar-refractivity contribution < 1.29 is 5.11 Å². The molecule has 0 aromatic heterocycles. The molecule has 0 saturated carbocycles. The van der Waals surface area contributed by atoms with E-state index in [4.69, 9.17) is 12.2 Å². The molecule has 0 amide bonds. The molecule has 1 heterocycles. The first-order valence-electron chi connectivity index (χ1n) is 5.23. The van der Waals surface area contributed by atoms with Crippen molar-refractivity contribution in [3.63, 3.8) is 0 Å². The zero-order valence-electron chi connectivity index (χ0n) is 9.69. The molecule has 1 unspecified atom stereocenters. The Labute approximate surface area is 101 Å². The summed E-state index contributed by atoms with van der Waals surface area (Å²) < 4.78 is 0. The van der Waals surface area contributed by atoms with Gasteiger partial charge in [0.1, 0.15) is 0 Å². The van der Waals surface area contributed by atoms with Gasteiger partial charge in [0.2, 0.25) is 0 Å². The highest BCUT2D eigenvalue weighted by atomic mass is 32.1. The van der Waals surface area contributed by atoms with Crippen LogP contribution in [-0.4, -0.2) is 27.7 Å². The predicted octanol–water partition coefficient (Wildman–Crippen LogP) is 1.43. The number of benzene rings is 1. The maximum absolute atomic E-state index is 10.9. The van der Waals surface area contributed by atoms with Gasteiger partial charge in [0, 0.05) is 12.6 Å². The molecule has 1 fully saturated rings. The summed E-state index contributed by atoms with van der Waals surface area (Å²) in [5, 5.41) is 14.6. The zero-order valence-corrected chi connectivity index (χ0v) is 10.5. The van der Waals surface area contributed by atoms with Gasteiger partial charge in [-0.1, -0.05) is 30.3 Å². The van der Waals surface area contributed by atoms with Gasteiger partial charge in [0.15, 0.2) is 10.8 Å².